The topological polar surface area (TPSA) is 70.8 Å². The van der Waals surface area contributed by atoms with Crippen LogP contribution in [-0.2, 0) is 10.4 Å². The minimum Gasteiger partial charge on any atom is -0.461 e. The number of para-hydroxylation sites is 1. The smallest absolute Gasteiger partial charge is 0.264 e. The first kappa shape index (κ1) is 14.3. The van der Waals surface area contributed by atoms with E-state index < -0.39 is 17.3 Å². The van der Waals surface area contributed by atoms with Crippen molar-refractivity contribution in [2.24, 2.45) is 0 Å². The third-order valence-electron chi connectivity index (χ3n) is 3.76. The molecule has 0 aliphatic carbocycles. The number of Topliss-reactive ketones (excluding diaryl/α,β-unsaturated/α-hetero) is 1. The van der Waals surface area contributed by atoms with Crippen LogP contribution >= 0.6 is 0 Å². The predicted octanol–water partition coefficient (Wildman–Crippen LogP) is 2.27. The molecule has 0 saturated heterocycles. The summed E-state index contributed by atoms with van der Waals surface area (Å²) in [6, 6.07) is 10.0. The van der Waals surface area contributed by atoms with Gasteiger partial charge in [-0.15, -0.1) is 6.58 Å². The number of benzene rings is 1. The van der Waals surface area contributed by atoms with Crippen LogP contribution < -0.4 is 4.90 Å². The Balaban J connectivity index is 2.00. The van der Waals surface area contributed by atoms with E-state index in [2.05, 4.69) is 6.58 Å². The summed E-state index contributed by atoms with van der Waals surface area (Å²) in [5.41, 5.74) is -0.840. The minimum atomic E-state index is -1.87. The highest BCUT2D eigenvalue weighted by Gasteiger charge is 2.50. The van der Waals surface area contributed by atoms with Gasteiger partial charge in [0.15, 0.2) is 11.4 Å². The van der Waals surface area contributed by atoms with Crippen LogP contribution in [0.25, 0.3) is 0 Å². The molecule has 2 heterocycles. The third-order valence-corrected chi connectivity index (χ3v) is 3.76. The molecule has 0 bridgehead atoms. The number of rotatable bonds is 5. The highest BCUT2D eigenvalue weighted by Crippen LogP contribution is 2.42. The second-order valence-electron chi connectivity index (χ2n) is 5.16. The van der Waals surface area contributed by atoms with Gasteiger partial charge in [0.25, 0.3) is 5.91 Å². The Morgan fingerprint density at radius 3 is 2.77 bits per heavy atom. The summed E-state index contributed by atoms with van der Waals surface area (Å²) in [7, 11) is 0. The van der Waals surface area contributed by atoms with E-state index >= 15 is 0 Å². The molecule has 3 rings (SSSR count). The number of fused-ring (bicyclic) bond motifs is 1. The van der Waals surface area contributed by atoms with Crippen LogP contribution in [-0.4, -0.2) is 23.3 Å². The molecule has 0 unspecified atom stereocenters. The first-order chi connectivity index (χ1) is 10.6. The quantitative estimate of drug-likeness (QED) is 0.679. The summed E-state index contributed by atoms with van der Waals surface area (Å²) in [5, 5.41) is 10.9. The number of ketones is 1. The van der Waals surface area contributed by atoms with E-state index in [0.29, 0.717) is 11.3 Å². The number of anilines is 1. The van der Waals surface area contributed by atoms with Crippen molar-refractivity contribution in [3.63, 3.8) is 0 Å². The molecule has 112 valence electrons. The number of aliphatic hydroxyl groups is 1. The fraction of sp³-hybridized carbons (Fsp3) is 0.176. The molecule has 0 fully saturated rings. The average molecular weight is 297 g/mol. The lowest BCUT2D eigenvalue weighted by molar-refractivity contribution is -0.135. The Morgan fingerprint density at radius 2 is 2.09 bits per heavy atom. The zero-order valence-corrected chi connectivity index (χ0v) is 11.9. The molecule has 5 nitrogen and oxygen atoms in total. The summed E-state index contributed by atoms with van der Waals surface area (Å²) in [5.74, 6) is -0.814. The van der Waals surface area contributed by atoms with Crippen molar-refractivity contribution in [1.29, 1.82) is 0 Å². The monoisotopic (exact) mass is 297 g/mol. The van der Waals surface area contributed by atoms with E-state index in [4.69, 9.17) is 4.42 Å². The highest BCUT2D eigenvalue weighted by molar-refractivity contribution is 6.10. The fourth-order valence-electron chi connectivity index (χ4n) is 2.74. The van der Waals surface area contributed by atoms with Crippen LogP contribution in [0.15, 0.2) is 59.7 Å². The summed E-state index contributed by atoms with van der Waals surface area (Å²) < 4.78 is 5.05. The SMILES string of the molecule is C=CCN1C(=O)[C@](O)(CC(=O)c2ccco2)c2ccccc21. The van der Waals surface area contributed by atoms with Gasteiger partial charge >= 0.3 is 0 Å². The molecule has 0 saturated carbocycles. The fourth-order valence-corrected chi connectivity index (χ4v) is 2.74. The Labute approximate surface area is 127 Å². The first-order valence-corrected chi connectivity index (χ1v) is 6.89. The molecular formula is C17H15NO4. The normalized spacial score (nSPS) is 20.0. The number of hydrogen-bond acceptors (Lipinski definition) is 4. The number of nitrogens with zero attached hydrogens (tertiary/aromatic N) is 1. The maximum absolute atomic E-state index is 12.6. The van der Waals surface area contributed by atoms with Crippen LogP contribution in [0.3, 0.4) is 0 Å². The van der Waals surface area contributed by atoms with Crippen molar-refractivity contribution in [1.82, 2.24) is 0 Å². The summed E-state index contributed by atoms with van der Waals surface area (Å²) in [6.07, 6.45) is 2.60. The molecule has 0 spiro atoms. The van der Waals surface area contributed by atoms with Crippen LogP contribution in [0.4, 0.5) is 5.69 Å². The molecule has 1 aliphatic rings. The maximum Gasteiger partial charge on any atom is 0.264 e. The molecule has 1 aromatic carbocycles. The zero-order chi connectivity index (χ0) is 15.7. The number of furan rings is 1. The predicted molar refractivity (Wildman–Crippen MR) is 80.5 cm³/mol. The second-order valence-corrected chi connectivity index (χ2v) is 5.16. The highest BCUT2D eigenvalue weighted by atomic mass is 16.3. The Morgan fingerprint density at radius 1 is 1.32 bits per heavy atom. The number of hydrogen-bond donors (Lipinski definition) is 1. The van der Waals surface area contributed by atoms with Gasteiger partial charge in [0.1, 0.15) is 0 Å². The van der Waals surface area contributed by atoms with E-state index in [1.54, 1.807) is 36.4 Å². The first-order valence-electron chi connectivity index (χ1n) is 6.89. The van der Waals surface area contributed by atoms with Gasteiger partial charge in [-0.1, -0.05) is 24.3 Å². The second kappa shape index (κ2) is 5.27. The Kier molecular flexibility index (Phi) is 3.42. The van der Waals surface area contributed by atoms with E-state index in [9.17, 15) is 14.7 Å². The molecule has 2 aromatic rings. The molecule has 5 heteroatoms. The Bertz CT molecular complexity index is 735. The van der Waals surface area contributed by atoms with Crippen molar-refractivity contribution in [2.45, 2.75) is 12.0 Å². The van der Waals surface area contributed by atoms with Gasteiger partial charge < -0.3 is 14.4 Å². The van der Waals surface area contributed by atoms with Crippen molar-refractivity contribution in [3.8, 4) is 0 Å². The van der Waals surface area contributed by atoms with Crippen molar-refractivity contribution in [3.05, 3.63) is 66.6 Å². The average Bonchev–Trinajstić information content (AvgIpc) is 3.11. The molecule has 1 aliphatic heterocycles. The van der Waals surface area contributed by atoms with Crippen molar-refractivity contribution >= 4 is 17.4 Å². The van der Waals surface area contributed by atoms with E-state index in [1.807, 2.05) is 0 Å². The molecular weight excluding hydrogens is 282 g/mol. The van der Waals surface area contributed by atoms with E-state index in [0.717, 1.165) is 0 Å². The summed E-state index contributed by atoms with van der Waals surface area (Å²) in [6.45, 7) is 3.89. The Hall–Kier alpha value is -2.66. The van der Waals surface area contributed by atoms with Crippen molar-refractivity contribution < 1.29 is 19.1 Å². The largest absolute Gasteiger partial charge is 0.461 e. The zero-order valence-electron chi connectivity index (χ0n) is 11.9. The van der Waals surface area contributed by atoms with Gasteiger partial charge in [-0.25, -0.2) is 0 Å². The lowest BCUT2D eigenvalue weighted by Crippen LogP contribution is -2.41. The van der Waals surface area contributed by atoms with Gasteiger partial charge in [0, 0.05) is 12.1 Å². The minimum absolute atomic E-state index is 0.126. The number of carbonyl (C=O) groups is 2. The molecule has 22 heavy (non-hydrogen) atoms. The lowest BCUT2D eigenvalue weighted by atomic mass is 9.89. The number of carbonyl (C=O) groups excluding carboxylic acids is 2. The van der Waals surface area contributed by atoms with Gasteiger partial charge in [0.2, 0.25) is 5.78 Å². The van der Waals surface area contributed by atoms with Gasteiger partial charge in [-0.05, 0) is 18.2 Å². The molecule has 1 atom stereocenters. The maximum atomic E-state index is 12.6. The van der Waals surface area contributed by atoms with Crippen LogP contribution in [0.5, 0.6) is 0 Å². The third kappa shape index (κ3) is 2.07. The van der Waals surface area contributed by atoms with Gasteiger partial charge in [-0.2, -0.15) is 0 Å². The molecule has 0 radical (unpaired) electrons. The summed E-state index contributed by atoms with van der Waals surface area (Å²) >= 11 is 0. The standard InChI is InChI=1S/C17H15NO4/c1-2-9-18-13-7-4-3-6-12(13)17(21,16(18)20)11-14(19)15-8-5-10-22-15/h2-8,10,21H,1,9,11H2/t17-/m0/s1. The summed E-state index contributed by atoms with van der Waals surface area (Å²) in [4.78, 5) is 26.3. The van der Waals surface area contributed by atoms with E-state index in [1.165, 1.54) is 17.2 Å². The lowest BCUT2D eigenvalue weighted by Gasteiger charge is -2.21. The van der Waals surface area contributed by atoms with Crippen LogP contribution in [0.1, 0.15) is 22.5 Å². The molecule has 1 amide bonds. The molecule has 1 N–H and O–H groups in total. The van der Waals surface area contributed by atoms with E-state index in [-0.39, 0.29) is 18.7 Å². The number of amides is 1. The van der Waals surface area contributed by atoms with Gasteiger partial charge in [-0.3, -0.25) is 9.59 Å². The van der Waals surface area contributed by atoms with Crippen LogP contribution in [0, 0.1) is 0 Å². The van der Waals surface area contributed by atoms with Crippen LogP contribution in [0.2, 0.25) is 0 Å². The van der Waals surface area contributed by atoms with Crippen molar-refractivity contribution in [2.75, 3.05) is 11.4 Å². The molecule has 1 aromatic heterocycles. The van der Waals surface area contributed by atoms with Gasteiger partial charge in [0.05, 0.1) is 18.4 Å².